The Morgan fingerprint density at radius 3 is 3.05 bits per heavy atom. The van der Waals surface area contributed by atoms with E-state index in [9.17, 15) is 4.79 Å². The first-order valence-electron chi connectivity index (χ1n) is 5.79. The van der Waals surface area contributed by atoms with Gasteiger partial charge < -0.3 is 14.4 Å². The maximum absolute atomic E-state index is 11.5. The van der Waals surface area contributed by atoms with Crippen LogP contribution in [0.5, 0.6) is 0 Å². The van der Waals surface area contributed by atoms with E-state index < -0.39 is 6.10 Å². The molecule has 1 fully saturated rings. The van der Waals surface area contributed by atoms with Crippen LogP contribution in [0.25, 0.3) is 0 Å². The first kappa shape index (κ1) is 13.8. The van der Waals surface area contributed by atoms with Crippen LogP contribution in [-0.4, -0.2) is 38.9 Å². The quantitative estimate of drug-likeness (QED) is 0.775. The van der Waals surface area contributed by atoms with Crippen molar-refractivity contribution < 1.29 is 14.3 Å². The number of ether oxygens (including phenoxy) is 2. The summed E-state index contributed by atoms with van der Waals surface area (Å²) in [4.78, 5) is 13.5. The number of morpholine rings is 1. The second kappa shape index (κ2) is 6.04. The van der Waals surface area contributed by atoms with Crippen molar-refractivity contribution in [3.05, 3.63) is 28.2 Å². The number of esters is 1. The van der Waals surface area contributed by atoms with Crippen LogP contribution in [-0.2, 0) is 14.3 Å². The second-order valence-corrected chi connectivity index (χ2v) is 4.96. The van der Waals surface area contributed by atoms with E-state index in [-0.39, 0.29) is 5.97 Å². The third-order valence-electron chi connectivity index (χ3n) is 2.97. The van der Waals surface area contributed by atoms with Crippen LogP contribution in [0.4, 0.5) is 5.69 Å². The van der Waals surface area contributed by atoms with Gasteiger partial charge in [-0.3, -0.25) is 0 Å². The van der Waals surface area contributed by atoms with E-state index in [2.05, 4.69) is 22.0 Å². The Kier molecular flexibility index (Phi) is 4.40. The lowest BCUT2D eigenvalue weighted by molar-refractivity contribution is -0.154. The molecule has 6 heteroatoms. The summed E-state index contributed by atoms with van der Waals surface area (Å²) >= 11 is 3.36. The third kappa shape index (κ3) is 3.06. The highest BCUT2D eigenvalue weighted by molar-refractivity contribution is 9.10. The van der Waals surface area contributed by atoms with Crippen molar-refractivity contribution in [1.82, 2.24) is 0 Å². The number of carbonyl (C=O) groups excluding carboxylic acids is 1. The molecular formula is C13H13BrN2O3. The van der Waals surface area contributed by atoms with E-state index in [0.717, 1.165) is 10.2 Å². The van der Waals surface area contributed by atoms with E-state index in [1.54, 1.807) is 6.07 Å². The summed E-state index contributed by atoms with van der Waals surface area (Å²) in [5.41, 5.74) is 1.53. The van der Waals surface area contributed by atoms with Crippen molar-refractivity contribution in [2.75, 3.05) is 31.7 Å². The average Bonchev–Trinajstić information content (AvgIpc) is 2.46. The van der Waals surface area contributed by atoms with Crippen LogP contribution >= 0.6 is 15.9 Å². The molecule has 0 amide bonds. The molecule has 1 heterocycles. The fraction of sp³-hybridized carbons (Fsp3) is 0.385. The van der Waals surface area contributed by atoms with Gasteiger partial charge in [0.1, 0.15) is 6.07 Å². The van der Waals surface area contributed by atoms with Gasteiger partial charge in [-0.1, -0.05) is 0 Å². The van der Waals surface area contributed by atoms with Gasteiger partial charge in [0.2, 0.25) is 0 Å². The lowest BCUT2D eigenvalue weighted by Gasteiger charge is -2.33. The number of rotatable bonds is 2. The molecule has 1 saturated heterocycles. The summed E-state index contributed by atoms with van der Waals surface area (Å²) in [6.07, 6.45) is -0.562. The Hall–Kier alpha value is -1.58. The van der Waals surface area contributed by atoms with Gasteiger partial charge in [-0.05, 0) is 34.1 Å². The summed E-state index contributed by atoms with van der Waals surface area (Å²) in [7, 11) is 1.35. The number of nitrogens with zero attached hydrogens (tertiary/aromatic N) is 2. The number of benzene rings is 1. The molecule has 0 radical (unpaired) electrons. The number of hydrogen-bond acceptors (Lipinski definition) is 5. The molecule has 0 aromatic heterocycles. The minimum absolute atomic E-state index is 0.364. The zero-order valence-corrected chi connectivity index (χ0v) is 12.0. The lowest BCUT2D eigenvalue weighted by Crippen LogP contribution is -2.46. The lowest BCUT2D eigenvalue weighted by atomic mass is 10.2. The minimum atomic E-state index is -0.562. The molecule has 1 aliphatic heterocycles. The SMILES string of the molecule is COC(=O)C1CN(c2ccc(C#N)c(Br)c2)CCO1. The van der Waals surface area contributed by atoms with Crippen molar-refractivity contribution in [1.29, 1.82) is 5.26 Å². The summed E-state index contributed by atoms with van der Waals surface area (Å²) < 4.78 is 10.8. The largest absolute Gasteiger partial charge is 0.467 e. The predicted octanol–water partition coefficient (Wildman–Crippen LogP) is 1.70. The molecule has 1 aliphatic rings. The molecule has 5 nitrogen and oxygen atoms in total. The van der Waals surface area contributed by atoms with E-state index in [1.807, 2.05) is 17.0 Å². The monoisotopic (exact) mass is 324 g/mol. The molecule has 1 aromatic rings. The minimum Gasteiger partial charge on any atom is -0.467 e. The molecule has 0 aliphatic carbocycles. The molecule has 0 N–H and O–H groups in total. The van der Waals surface area contributed by atoms with Gasteiger partial charge in [0.05, 0.1) is 25.8 Å². The first-order valence-corrected chi connectivity index (χ1v) is 6.59. The predicted molar refractivity (Wildman–Crippen MR) is 72.8 cm³/mol. The van der Waals surface area contributed by atoms with Crippen molar-refractivity contribution in [2.24, 2.45) is 0 Å². The molecule has 0 saturated carbocycles. The van der Waals surface area contributed by atoms with E-state index in [4.69, 9.17) is 14.7 Å². The van der Waals surface area contributed by atoms with Crippen LogP contribution < -0.4 is 4.90 Å². The highest BCUT2D eigenvalue weighted by atomic mass is 79.9. The molecule has 1 aromatic carbocycles. The van der Waals surface area contributed by atoms with E-state index >= 15 is 0 Å². The van der Waals surface area contributed by atoms with E-state index in [1.165, 1.54) is 7.11 Å². The van der Waals surface area contributed by atoms with Gasteiger partial charge >= 0.3 is 5.97 Å². The standard InChI is InChI=1S/C13H13BrN2O3/c1-18-13(17)12-8-16(4-5-19-12)10-3-2-9(7-15)11(14)6-10/h2-3,6,12H,4-5,8H2,1H3. The smallest absolute Gasteiger partial charge is 0.336 e. The number of halogens is 1. The van der Waals surface area contributed by atoms with Crippen LogP contribution in [0, 0.1) is 11.3 Å². The first-order chi connectivity index (χ1) is 9.15. The maximum Gasteiger partial charge on any atom is 0.336 e. The number of carbonyl (C=O) groups is 1. The molecule has 100 valence electrons. The average molecular weight is 325 g/mol. The second-order valence-electron chi connectivity index (χ2n) is 4.10. The fourth-order valence-electron chi connectivity index (χ4n) is 1.95. The van der Waals surface area contributed by atoms with E-state index in [0.29, 0.717) is 25.3 Å². The number of anilines is 1. The van der Waals surface area contributed by atoms with Crippen LogP contribution in [0.3, 0.4) is 0 Å². The number of methoxy groups -OCH3 is 1. The highest BCUT2D eigenvalue weighted by Gasteiger charge is 2.27. The Bertz CT molecular complexity index is 527. The molecule has 0 spiro atoms. The fourth-order valence-corrected chi connectivity index (χ4v) is 2.40. The van der Waals surface area contributed by atoms with Crippen molar-refractivity contribution in [3.63, 3.8) is 0 Å². The van der Waals surface area contributed by atoms with Gasteiger partial charge in [-0.15, -0.1) is 0 Å². The maximum atomic E-state index is 11.5. The summed E-state index contributed by atoms with van der Waals surface area (Å²) in [5.74, 6) is -0.364. The number of nitriles is 1. The molecule has 2 rings (SSSR count). The third-order valence-corrected chi connectivity index (χ3v) is 3.62. The molecular weight excluding hydrogens is 312 g/mol. The zero-order valence-electron chi connectivity index (χ0n) is 10.4. The Labute approximate surface area is 119 Å². The molecule has 19 heavy (non-hydrogen) atoms. The van der Waals surface area contributed by atoms with Gasteiger partial charge in [0.25, 0.3) is 0 Å². The Morgan fingerprint density at radius 1 is 1.63 bits per heavy atom. The van der Waals surface area contributed by atoms with Crippen LogP contribution in [0.15, 0.2) is 22.7 Å². The normalized spacial score (nSPS) is 18.8. The zero-order chi connectivity index (χ0) is 13.8. The van der Waals surface area contributed by atoms with Gasteiger partial charge in [0, 0.05) is 16.7 Å². The Morgan fingerprint density at radius 2 is 2.42 bits per heavy atom. The summed E-state index contributed by atoms with van der Waals surface area (Å²) in [5, 5.41) is 8.89. The number of hydrogen-bond donors (Lipinski definition) is 0. The van der Waals surface area contributed by atoms with Gasteiger partial charge in [0.15, 0.2) is 6.10 Å². The molecule has 1 unspecified atom stereocenters. The molecule has 1 atom stereocenters. The van der Waals surface area contributed by atoms with Gasteiger partial charge in [-0.25, -0.2) is 4.79 Å². The highest BCUT2D eigenvalue weighted by Crippen LogP contribution is 2.25. The topological polar surface area (TPSA) is 62.6 Å². The van der Waals surface area contributed by atoms with Crippen molar-refractivity contribution in [2.45, 2.75) is 6.10 Å². The van der Waals surface area contributed by atoms with Crippen LogP contribution in [0.1, 0.15) is 5.56 Å². The van der Waals surface area contributed by atoms with Gasteiger partial charge in [-0.2, -0.15) is 5.26 Å². The molecule has 0 bridgehead atoms. The summed E-state index contributed by atoms with van der Waals surface area (Å²) in [6, 6.07) is 7.59. The van der Waals surface area contributed by atoms with Crippen molar-refractivity contribution in [3.8, 4) is 6.07 Å². The Balaban J connectivity index is 2.16. The van der Waals surface area contributed by atoms with Crippen LogP contribution in [0.2, 0.25) is 0 Å². The summed E-state index contributed by atoms with van der Waals surface area (Å²) in [6.45, 7) is 1.62. The van der Waals surface area contributed by atoms with Crippen molar-refractivity contribution >= 4 is 27.6 Å².